The highest BCUT2D eigenvalue weighted by atomic mass is 16.5. The minimum absolute atomic E-state index is 0.0709. The van der Waals surface area contributed by atoms with E-state index < -0.39 is 0 Å². The number of aliphatic hydroxyl groups is 1. The van der Waals surface area contributed by atoms with Crippen molar-refractivity contribution in [1.29, 1.82) is 0 Å². The molecular formula is C22H25N3O3. The van der Waals surface area contributed by atoms with E-state index in [-0.39, 0.29) is 12.0 Å². The summed E-state index contributed by atoms with van der Waals surface area (Å²) in [6.45, 7) is 2.37. The van der Waals surface area contributed by atoms with Crippen LogP contribution in [-0.2, 0) is 11.2 Å². The molecule has 6 heteroatoms. The Morgan fingerprint density at radius 3 is 2.89 bits per heavy atom. The van der Waals surface area contributed by atoms with Gasteiger partial charge in [-0.3, -0.25) is 4.79 Å². The van der Waals surface area contributed by atoms with Crippen LogP contribution >= 0.6 is 0 Å². The van der Waals surface area contributed by atoms with Gasteiger partial charge in [0.05, 0.1) is 6.10 Å². The van der Waals surface area contributed by atoms with Crippen molar-refractivity contribution in [3.63, 3.8) is 0 Å². The van der Waals surface area contributed by atoms with Gasteiger partial charge in [-0.15, -0.1) is 0 Å². The molecule has 1 aromatic carbocycles. The van der Waals surface area contributed by atoms with Gasteiger partial charge in [0, 0.05) is 38.3 Å². The van der Waals surface area contributed by atoms with E-state index in [9.17, 15) is 9.90 Å². The lowest BCUT2D eigenvalue weighted by molar-refractivity contribution is -0.116. The number of ether oxygens (including phenoxy) is 1. The van der Waals surface area contributed by atoms with Gasteiger partial charge in [-0.1, -0.05) is 18.2 Å². The number of likely N-dealkylation sites (tertiary alicyclic amines) is 1. The molecular weight excluding hydrogens is 354 g/mol. The van der Waals surface area contributed by atoms with Gasteiger partial charge >= 0.3 is 0 Å². The molecule has 1 aromatic heterocycles. The van der Waals surface area contributed by atoms with Crippen LogP contribution in [0.2, 0.25) is 0 Å². The molecule has 146 valence electrons. The molecule has 0 bridgehead atoms. The number of pyridine rings is 1. The second kappa shape index (κ2) is 8.54. The Morgan fingerprint density at radius 1 is 1.21 bits per heavy atom. The lowest BCUT2D eigenvalue weighted by Crippen LogP contribution is -2.37. The summed E-state index contributed by atoms with van der Waals surface area (Å²) in [7, 11) is 0. The Hall–Kier alpha value is -2.70. The maximum Gasteiger partial charge on any atom is 0.226 e. The lowest BCUT2D eigenvalue weighted by Gasteiger charge is -2.29. The summed E-state index contributed by atoms with van der Waals surface area (Å²) in [5.74, 6) is 1.81. The molecule has 2 aromatic rings. The van der Waals surface area contributed by atoms with E-state index >= 15 is 0 Å². The topological polar surface area (TPSA) is 74.7 Å². The maximum absolute atomic E-state index is 12.2. The highest BCUT2D eigenvalue weighted by Gasteiger charge is 2.17. The zero-order valence-corrected chi connectivity index (χ0v) is 15.8. The molecule has 2 heterocycles. The van der Waals surface area contributed by atoms with E-state index in [0.29, 0.717) is 24.5 Å². The molecule has 1 fully saturated rings. The van der Waals surface area contributed by atoms with Gasteiger partial charge in [0.15, 0.2) is 0 Å². The average Bonchev–Trinajstić information content (AvgIpc) is 3.16. The van der Waals surface area contributed by atoms with Crippen LogP contribution in [0.3, 0.4) is 0 Å². The number of nitrogens with zero attached hydrogens (tertiary/aromatic N) is 2. The molecule has 28 heavy (non-hydrogen) atoms. The second-order valence-corrected chi connectivity index (χ2v) is 7.32. The van der Waals surface area contributed by atoms with E-state index in [1.165, 1.54) is 11.1 Å². The first-order valence-electron chi connectivity index (χ1n) is 9.79. The Bertz CT molecular complexity index is 873. The van der Waals surface area contributed by atoms with Crippen LogP contribution in [0.15, 0.2) is 42.6 Å². The third-order valence-corrected chi connectivity index (χ3v) is 5.20. The number of benzene rings is 1. The van der Waals surface area contributed by atoms with Crippen LogP contribution in [0.4, 0.5) is 5.82 Å². The highest BCUT2D eigenvalue weighted by molar-refractivity contribution is 5.90. The molecule has 1 amide bonds. The number of aromatic nitrogens is 1. The normalized spacial score (nSPS) is 16.8. The van der Waals surface area contributed by atoms with Crippen molar-refractivity contribution in [3.05, 3.63) is 53.7 Å². The number of fused-ring (bicyclic) bond motifs is 1. The minimum Gasteiger partial charge on any atom is -0.457 e. The first-order chi connectivity index (χ1) is 13.7. The number of hydrogen-bond acceptors (Lipinski definition) is 5. The second-order valence-electron chi connectivity index (χ2n) is 7.32. The average molecular weight is 379 g/mol. The number of carbonyl (C=O) groups excluding carboxylic acids is 1. The summed E-state index contributed by atoms with van der Waals surface area (Å²) in [6, 6.07) is 9.57. The Kier molecular flexibility index (Phi) is 5.69. The van der Waals surface area contributed by atoms with E-state index in [1.54, 1.807) is 18.3 Å². The molecule has 1 aliphatic heterocycles. The summed E-state index contributed by atoms with van der Waals surface area (Å²) in [5, 5.41) is 12.4. The van der Waals surface area contributed by atoms with Crippen molar-refractivity contribution in [1.82, 2.24) is 9.88 Å². The lowest BCUT2D eigenvalue weighted by atomic mass is 10.1. The number of amides is 1. The van der Waals surface area contributed by atoms with Crippen molar-refractivity contribution in [2.24, 2.45) is 0 Å². The molecule has 0 radical (unpaired) electrons. The fourth-order valence-corrected chi connectivity index (χ4v) is 3.58. The van der Waals surface area contributed by atoms with Gasteiger partial charge in [-0.25, -0.2) is 4.98 Å². The first-order valence-corrected chi connectivity index (χ1v) is 9.79. The van der Waals surface area contributed by atoms with Crippen LogP contribution in [0.25, 0.3) is 6.08 Å². The minimum atomic E-state index is -0.196. The van der Waals surface area contributed by atoms with Crippen LogP contribution in [0.1, 0.15) is 30.4 Å². The molecule has 2 aliphatic rings. The maximum atomic E-state index is 12.2. The van der Waals surface area contributed by atoms with Gasteiger partial charge in [-0.05, 0) is 48.6 Å². The Balaban J connectivity index is 1.31. The number of carbonyl (C=O) groups is 1. The van der Waals surface area contributed by atoms with Gasteiger partial charge in [0.1, 0.15) is 17.3 Å². The zero-order chi connectivity index (χ0) is 19.3. The molecule has 1 saturated heterocycles. The summed E-state index contributed by atoms with van der Waals surface area (Å²) < 4.78 is 5.93. The fourth-order valence-electron chi connectivity index (χ4n) is 3.58. The van der Waals surface area contributed by atoms with Crippen molar-refractivity contribution < 1.29 is 14.6 Å². The summed E-state index contributed by atoms with van der Waals surface area (Å²) in [6.07, 6.45) is 8.61. The molecule has 0 atom stereocenters. The first kappa shape index (κ1) is 18.7. The number of aliphatic hydroxyl groups excluding tert-OH is 1. The summed E-state index contributed by atoms with van der Waals surface area (Å²) in [5.41, 5.74) is 2.49. The van der Waals surface area contributed by atoms with Gasteiger partial charge in [0.25, 0.3) is 0 Å². The van der Waals surface area contributed by atoms with Crippen molar-refractivity contribution in [2.75, 3.05) is 25.0 Å². The van der Waals surface area contributed by atoms with Crippen molar-refractivity contribution in [2.45, 2.75) is 31.8 Å². The van der Waals surface area contributed by atoms with Gasteiger partial charge in [-0.2, -0.15) is 0 Å². The molecule has 0 unspecified atom stereocenters. The summed E-state index contributed by atoms with van der Waals surface area (Å²) >= 11 is 0. The number of rotatable bonds is 6. The molecule has 6 nitrogen and oxygen atoms in total. The van der Waals surface area contributed by atoms with E-state index in [2.05, 4.69) is 33.4 Å². The summed E-state index contributed by atoms with van der Waals surface area (Å²) in [4.78, 5) is 18.7. The van der Waals surface area contributed by atoms with Gasteiger partial charge < -0.3 is 20.1 Å². The largest absolute Gasteiger partial charge is 0.457 e. The van der Waals surface area contributed by atoms with Crippen LogP contribution < -0.4 is 10.1 Å². The predicted octanol–water partition coefficient (Wildman–Crippen LogP) is 3.23. The van der Waals surface area contributed by atoms with E-state index in [0.717, 1.165) is 38.1 Å². The number of allylic oxidation sites excluding steroid dienone is 1. The Labute approximate surface area is 164 Å². The Morgan fingerprint density at radius 2 is 2.04 bits per heavy atom. The highest BCUT2D eigenvalue weighted by Crippen LogP contribution is 2.28. The van der Waals surface area contributed by atoms with Crippen molar-refractivity contribution in [3.8, 4) is 11.5 Å². The molecule has 0 saturated carbocycles. The zero-order valence-electron chi connectivity index (χ0n) is 15.8. The molecule has 1 aliphatic carbocycles. The number of hydrogen-bond donors (Lipinski definition) is 2. The molecule has 2 N–H and O–H groups in total. The monoisotopic (exact) mass is 379 g/mol. The van der Waals surface area contributed by atoms with E-state index in [1.807, 2.05) is 12.1 Å². The third-order valence-electron chi connectivity index (χ3n) is 5.20. The number of nitrogens with one attached hydrogen (secondary N) is 1. The third kappa shape index (κ3) is 4.77. The fraction of sp³-hybridized carbons (Fsp3) is 0.364. The van der Waals surface area contributed by atoms with E-state index in [4.69, 9.17) is 4.74 Å². The SMILES string of the molecule is O=C(CCN1CCC(O)CC1)Nc1cc(Oc2ccc3c(c2)C=CC3)ccn1. The van der Waals surface area contributed by atoms with Crippen LogP contribution in [0, 0.1) is 0 Å². The van der Waals surface area contributed by atoms with Crippen LogP contribution in [-0.4, -0.2) is 46.6 Å². The standard InChI is InChI=1S/C22H25N3O3/c26-18-7-11-25(12-8-18)13-9-22(27)24-21-15-20(6-10-23-21)28-19-5-4-16-2-1-3-17(16)14-19/h1,3-6,10,14-15,18,26H,2,7-9,11-13H2,(H,23,24,27). The quantitative estimate of drug-likeness (QED) is 0.806. The number of piperidine rings is 1. The number of anilines is 1. The molecule has 0 spiro atoms. The smallest absolute Gasteiger partial charge is 0.226 e. The van der Waals surface area contributed by atoms with Crippen molar-refractivity contribution >= 4 is 17.8 Å². The predicted molar refractivity (Wildman–Crippen MR) is 108 cm³/mol. The molecule has 4 rings (SSSR count). The van der Waals surface area contributed by atoms with Gasteiger partial charge in [0.2, 0.25) is 5.91 Å². The van der Waals surface area contributed by atoms with Crippen LogP contribution in [0.5, 0.6) is 11.5 Å².